The molecule has 0 amide bonds. The standard InChI is InChI=1S/C102H66N10/c1-5-25-65(26-6-1)66-47-49-67(50-48-66)68-55-57-78(58-56-68)109-89-43-19-14-38-80(89)84-59-61-86-82-40-16-21-45-91(82)111(95(86)93(84)109)102-107-99(72-31-11-4-12-32-72)104-100(108-102)73-53-51-69(52-54-73)74-33-23-34-75(63-74)76-35-24-36-77(64-76)79-37-13-18-42-88(79)110-90-44-20-15-39-81(90)85-60-62-87-83-41-17-22-46-92(83)112(96(87)94(85)110)101-105-97(70-27-7-2-8-28-70)103-98(106-101)71-29-9-3-10-30-71/h1-55,57,59-64H,56,58H2. The average molecular weight is 1430 g/mol. The highest BCUT2D eigenvalue weighted by atomic mass is 15.2. The number of aromatic nitrogens is 10. The number of allylic oxidation sites excluding steroid dienone is 4. The summed E-state index contributed by atoms with van der Waals surface area (Å²) in [4.78, 5) is 32.2. The van der Waals surface area contributed by atoms with Crippen molar-refractivity contribution in [2.75, 3.05) is 0 Å². The Bertz CT molecular complexity index is 7340. The molecule has 15 aromatic carbocycles. The second-order valence-corrected chi connectivity index (χ2v) is 28.8. The molecule has 21 aromatic rings. The Kier molecular flexibility index (Phi) is 15.2. The van der Waals surface area contributed by atoms with E-state index in [2.05, 4.69) is 340 Å². The fourth-order valence-corrected chi connectivity index (χ4v) is 17.2. The van der Waals surface area contributed by atoms with Crippen molar-refractivity contribution in [3.8, 4) is 108 Å². The largest absolute Gasteiger partial charge is 0.311 e. The first-order chi connectivity index (χ1) is 55.5. The number of nitrogens with zero attached hydrogens (tertiary/aromatic N) is 10. The molecule has 22 rings (SSSR count). The molecule has 6 aromatic heterocycles. The van der Waals surface area contributed by atoms with E-state index in [0.717, 1.165) is 151 Å². The van der Waals surface area contributed by atoms with Crippen molar-refractivity contribution in [1.29, 1.82) is 0 Å². The zero-order chi connectivity index (χ0) is 73.7. The van der Waals surface area contributed by atoms with Crippen LogP contribution in [0.15, 0.2) is 376 Å². The maximum absolute atomic E-state index is 5.55. The van der Waals surface area contributed by atoms with Crippen LogP contribution >= 0.6 is 0 Å². The van der Waals surface area contributed by atoms with E-state index < -0.39 is 0 Å². The lowest BCUT2D eigenvalue weighted by atomic mass is 9.94. The van der Waals surface area contributed by atoms with Gasteiger partial charge in [-0.25, -0.2) is 9.97 Å². The summed E-state index contributed by atoms with van der Waals surface area (Å²) in [6.07, 6.45) is 6.42. The van der Waals surface area contributed by atoms with Crippen molar-refractivity contribution in [2.24, 2.45) is 0 Å². The molecule has 6 heterocycles. The fourth-order valence-electron chi connectivity index (χ4n) is 17.2. The molecule has 0 aliphatic heterocycles. The van der Waals surface area contributed by atoms with E-state index in [-0.39, 0.29) is 0 Å². The number of rotatable bonds is 13. The molecule has 524 valence electrons. The van der Waals surface area contributed by atoms with E-state index in [1.54, 1.807) is 0 Å². The fraction of sp³-hybridized carbons (Fsp3) is 0.0196. The van der Waals surface area contributed by atoms with Crippen molar-refractivity contribution >= 4 is 98.5 Å². The van der Waals surface area contributed by atoms with Gasteiger partial charge in [0.05, 0.1) is 49.8 Å². The molecule has 0 unspecified atom stereocenters. The van der Waals surface area contributed by atoms with Crippen LogP contribution in [-0.2, 0) is 0 Å². The van der Waals surface area contributed by atoms with Gasteiger partial charge in [-0.15, -0.1) is 0 Å². The van der Waals surface area contributed by atoms with Crippen molar-refractivity contribution in [3.05, 3.63) is 382 Å². The third-order valence-electron chi connectivity index (χ3n) is 22.4. The summed E-state index contributed by atoms with van der Waals surface area (Å²) in [6, 6.07) is 130. The molecular weight excluding hydrogens is 1370 g/mol. The molecule has 0 radical (unpaired) electrons. The Morgan fingerprint density at radius 2 is 0.509 bits per heavy atom. The van der Waals surface area contributed by atoms with Crippen molar-refractivity contribution < 1.29 is 0 Å². The van der Waals surface area contributed by atoms with E-state index in [9.17, 15) is 0 Å². The molecule has 0 saturated carbocycles. The monoisotopic (exact) mass is 1430 g/mol. The van der Waals surface area contributed by atoms with Gasteiger partial charge in [0, 0.05) is 76.6 Å². The highest BCUT2D eigenvalue weighted by Crippen LogP contribution is 2.47. The molecule has 0 spiro atoms. The quantitative estimate of drug-likeness (QED) is 0.114. The molecule has 1 aliphatic rings. The van der Waals surface area contributed by atoms with E-state index in [1.807, 2.05) is 54.6 Å². The van der Waals surface area contributed by atoms with Gasteiger partial charge >= 0.3 is 0 Å². The Labute approximate surface area is 644 Å². The summed E-state index contributed by atoms with van der Waals surface area (Å²) in [5, 5.41) is 9.09. The normalized spacial score (nSPS) is 12.5. The second-order valence-electron chi connectivity index (χ2n) is 28.8. The van der Waals surface area contributed by atoms with Gasteiger partial charge in [-0.1, -0.05) is 328 Å². The summed E-state index contributed by atoms with van der Waals surface area (Å²) in [5.41, 5.74) is 25.9. The number of hydrogen-bond donors (Lipinski definition) is 0. The molecule has 0 bridgehead atoms. The molecule has 10 heteroatoms. The summed E-state index contributed by atoms with van der Waals surface area (Å²) < 4.78 is 9.52. The van der Waals surface area contributed by atoms with E-state index in [1.165, 1.54) is 38.7 Å². The Morgan fingerprint density at radius 1 is 0.196 bits per heavy atom. The van der Waals surface area contributed by atoms with Gasteiger partial charge in [0.25, 0.3) is 0 Å². The summed E-state index contributed by atoms with van der Waals surface area (Å²) >= 11 is 0. The number of benzene rings is 15. The second kappa shape index (κ2) is 26.4. The molecule has 0 fully saturated rings. The smallest absolute Gasteiger partial charge is 0.238 e. The van der Waals surface area contributed by atoms with Gasteiger partial charge in [-0.05, 0) is 111 Å². The Balaban J connectivity index is 0.637. The third-order valence-corrected chi connectivity index (χ3v) is 22.4. The molecule has 1 aliphatic carbocycles. The van der Waals surface area contributed by atoms with Gasteiger partial charge < -0.3 is 9.13 Å². The van der Waals surface area contributed by atoms with Gasteiger partial charge in [0.2, 0.25) is 11.9 Å². The first-order valence-electron chi connectivity index (χ1n) is 38.1. The van der Waals surface area contributed by atoms with Gasteiger partial charge in [0.1, 0.15) is 0 Å². The molecule has 0 atom stereocenters. The van der Waals surface area contributed by atoms with Gasteiger partial charge in [0.15, 0.2) is 23.3 Å². The summed E-state index contributed by atoms with van der Waals surface area (Å²) in [7, 11) is 0. The molecule has 0 saturated heterocycles. The van der Waals surface area contributed by atoms with Crippen LogP contribution in [0.4, 0.5) is 0 Å². The van der Waals surface area contributed by atoms with Gasteiger partial charge in [-0.2, -0.15) is 19.9 Å². The SMILES string of the molecule is C1=C(c2ccc(-c3ccccc3)cc2)CCC(n2c3ccccc3c3ccc4c5ccccc5n(-c5nc(-c6ccccc6)nc(-c6ccc(-c7cccc(-c8cccc(-c9ccccc9-n9c%10ccccc%10c%10ccc%11c%12ccccc%12n(-c%12nc(-c%13ccccc%13)nc(-c%13ccccc%13)n%12)c%11c%109)c8)c7)cc6)n5)c4c32)=C1. The van der Waals surface area contributed by atoms with Crippen LogP contribution in [0.2, 0.25) is 0 Å². The van der Waals surface area contributed by atoms with E-state index in [0.29, 0.717) is 35.2 Å². The molecule has 0 N–H and O–H groups in total. The maximum atomic E-state index is 5.55. The van der Waals surface area contributed by atoms with E-state index in [4.69, 9.17) is 29.9 Å². The minimum absolute atomic E-state index is 0.540. The molecular formula is C102H66N10. The van der Waals surface area contributed by atoms with Crippen LogP contribution in [0.25, 0.3) is 206 Å². The number of para-hydroxylation sites is 5. The first-order valence-corrected chi connectivity index (χ1v) is 38.1. The lowest BCUT2D eigenvalue weighted by Gasteiger charge is -2.19. The van der Waals surface area contributed by atoms with Crippen molar-refractivity contribution in [2.45, 2.75) is 12.8 Å². The summed E-state index contributed by atoms with van der Waals surface area (Å²) in [5.74, 6) is 3.45. The first kappa shape index (κ1) is 64.2. The van der Waals surface area contributed by atoms with Gasteiger partial charge in [-0.3, -0.25) is 9.13 Å². The van der Waals surface area contributed by atoms with Crippen molar-refractivity contribution in [1.82, 2.24) is 48.2 Å². The van der Waals surface area contributed by atoms with Crippen LogP contribution in [0.1, 0.15) is 18.4 Å². The van der Waals surface area contributed by atoms with E-state index >= 15 is 0 Å². The summed E-state index contributed by atoms with van der Waals surface area (Å²) in [6.45, 7) is 0. The number of hydrogen-bond acceptors (Lipinski definition) is 6. The average Bonchev–Trinajstić information content (AvgIpc) is 1.55. The Morgan fingerprint density at radius 3 is 0.964 bits per heavy atom. The highest BCUT2D eigenvalue weighted by Gasteiger charge is 2.28. The molecule has 10 nitrogen and oxygen atoms in total. The maximum Gasteiger partial charge on any atom is 0.238 e. The third kappa shape index (κ3) is 10.7. The predicted octanol–water partition coefficient (Wildman–Crippen LogP) is 25.5. The van der Waals surface area contributed by atoms with Crippen LogP contribution < -0.4 is 0 Å². The minimum Gasteiger partial charge on any atom is -0.311 e. The predicted molar refractivity (Wildman–Crippen MR) is 461 cm³/mol. The Hall–Kier alpha value is -15.0. The zero-order valence-electron chi connectivity index (χ0n) is 60.7. The zero-order valence-corrected chi connectivity index (χ0v) is 60.7. The lowest BCUT2D eigenvalue weighted by molar-refractivity contribution is 0.951. The molecule has 112 heavy (non-hydrogen) atoms. The number of fused-ring (bicyclic) bond motifs is 14. The minimum atomic E-state index is 0.540. The van der Waals surface area contributed by atoms with Crippen LogP contribution in [0.5, 0.6) is 0 Å². The van der Waals surface area contributed by atoms with Crippen LogP contribution in [0, 0.1) is 0 Å². The van der Waals surface area contributed by atoms with Crippen LogP contribution in [0.3, 0.4) is 0 Å². The van der Waals surface area contributed by atoms with Crippen LogP contribution in [-0.4, -0.2) is 48.2 Å². The highest BCUT2D eigenvalue weighted by molar-refractivity contribution is 6.26. The lowest BCUT2D eigenvalue weighted by Crippen LogP contribution is -2.07. The topological polar surface area (TPSA) is 97.1 Å². The van der Waals surface area contributed by atoms with Crippen molar-refractivity contribution in [3.63, 3.8) is 0 Å².